The zero-order valence-electron chi connectivity index (χ0n) is 22.3. The van der Waals surface area contributed by atoms with Gasteiger partial charge in [-0.2, -0.15) is 13.2 Å². The summed E-state index contributed by atoms with van der Waals surface area (Å²) < 4.78 is 75.8. The van der Waals surface area contributed by atoms with Gasteiger partial charge in [-0.05, 0) is 66.8 Å². The Kier molecular flexibility index (Phi) is 9.20. The van der Waals surface area contributed by atoms with E-state index in [1.807, 2.05) is 0 Å². The van der Waals surface area contributed by atoms with Crippen LogP contribution in [0.25, 0.3) is 0 Å². The molecular weight excluding hydrogens is 583 g/mol. The van der Waals surface area contributed by atoms with Crippen molar-refractivity contribution in [2.45, 2.75) is 36.4 Å². The number of methoxy groups -OCH3 is 1. The van der Waals surface area contributed by atoms with Crippen LogP contribution in [0.2, 0.25) is 5.02 Å². The highest BCUT2D eigenvalue weighted by Gasteiger charge is 2.35. The number of alkyl halides is 3. The van der Waals surface area contributed by atoms with Gasteiger partial charge in [0, 0.05) is 34.5 Å². The van der Waals surface area contributed by atoms with Crippen molar-refractivity contribution in [1.29, 1.82) is 0 Å². The molecule has 0 saturated carbocycles. The summed E-state index contributed by atoms with van der Waals surface area (Å²) in [4.78, 5) is 14.1. The summed E-state index contributed by atoms with van der Waals surface area (Å²) in [5, 5.41) is 12.8. The number of carbonyl (C=O) groups is 1. The smallest absolute Gasteiger partial charge is 0.416 e. The second-order valence-corrected chi connectivity index (χ2v) is 12.3. The van der Waals surface area contributed by atoms with Crippen LogP contribution in [-0.4, -0.2) is 45.9 Å². The van der Waals surface area contributed by atoms with E-state index in [1.165, 1.54) is 37.4 Å². The topological polar surface area (TPSA) is 102 Å². The maximum Gasteiger partial charge on any atom is 0.416 e. The monoisotopic (exact) mass is 611 g/mol. The molecule has 7 nitrogen and oxygen atoms in total. The number of aryl methyl sites for hydroxylation is 1. The van der Waals surface area contributed by atoms with E-state index in [0.29, 0.717) is 29.0 Å². The first-order chi connectivity index (χ1) is 19.3. The number of carbonyl (C=O) groups excluding carboxylic acids is 1. The molecule has 0 radical (unpaired) electrons. The fraction of sp³-hybridized carbons (Fsp3) is 0.345. The number of fused-ring (bicyclic) bond motifs is 1. The highest BCUT2D eigenvalue weighted by atomic mass is 35.5. The van der Waals surface area contributed by atoms with Crippen LogP contribution in [0.1, 0.15) is 34.7 Å². The first kappa shape index (κ1) is 30.7. The molecule has 4 rings (SSSR count). The first-order valence-corrected chi connectivity index (χ1v) is 15.0. The van der Waals surface area contributed by atoms with E-state index in [4.69, 9.17) is 21.1 Å². The van der Waals surface area contributed by atoms with Gasteiger partial charge in [0.1, 0.15) is 24.1 Å². The lowest BCUT2D eigenvalue weighted by Crippen LogP contribution is -2.32. The zero-order chi connectivity index (χ0) is 29.9. The Labute approximate surface area is 241 Å². The van der Waals surface area contributed by atoms with Gasteiger partial charge in [-0.25, -0.2) is 8.42 Å². The molecule has 220 valence electrons. The van der Waals surface area contributed by atoms with Crippen molar-refractivity contribution in [3.05, 3.63) is 81.9 Å². The van der Waals surface area contributed by atoms with Crippen molar-refractivity contribution in [2.75, 3.05) is 31.9 Å². The quantitative estimate of drug-likeness (QED) is 0.305. The number of sulfone groups is 1. The zero-order valence-corrected chi connectivity index (χ0v) is 23.9. The summed E-state index contributed by atoms with van der Waals surface area (Å²) in [6, 6.07) is 11.4. The summed E-state index contributed by atoms with van der Waals surface area (Å²) in [6.45, 7) is -0.380. The van der Waals surface area contributed by atoms with Gasteiger partial charge >= 0.3 is 6.18 Å². The van der Waals surface area contributed by atoms with E-state index in [-0.39, 0.29) is 47.5 Å². The molecule has 12 heteroatoms. The standard InChI is InChI=1S/C29H29ClF3NO6S/c1-39-23-14-22(15-24(16-23)41(2,37)38)34-27(25-8-7-21(30)13-26(25)40-10-9-35)28(36)18-4-3-17-5-6-20(29(31,32)33)12-19(17)11-18/h5-8,12-16,18,27,34-35H,3-4,9-11H2,1-2H3. The fourth-order valence-corrected chi connectivity index (χ4v) is 5.73. The lowest BCUT2D eigenvalue weighted by atomic mass is 9.78. The summed E-state index contributed by atoms with van der Waals surface area (Å²) in [7, 11) is -2.26. The average molecular weight is 612 g/mol. The Bertz CT molecular complexity index is 1540. The van der Waals surface area contributed by atoms with Crippen LogP contribution in [0, 0.1) is 5.92 Å². The lowest BCUT2D eigenvalue weighted by molar-refractivity contribution is -0.137. The summed E-state index contributed by atoms with van der Waals surface area (Å²) in [5.74, 6) is -0.516. The number of nitrogens with one attached hydrogen (secondary N) is 1. The minimum Gasteiger partial charge on any atom is -0.497 e. The Balaban J connectivity index is 1.77. The lowest BCUT2D eigenvalue weighted by Gasteiger charge is -2.30. The SMILES string of the molecule is COc1cc(NC(C(=O)C2CCc3ccc(C(F)(F)F)cc3C2)c2ccc(Cl)cc2OCCO)cc(S(C)(=O)=O)c1. The molecule has 2 N–H and O–H groups in total. The third-order valence-electron chi connectivity index (χ3n) is 6.94. The van der Waals surface area contributed by atoms with Crippen molar-refractivity contribution in [2.24, 2.45) is 5.92 Å². The van der Waals surface area contributed by atoms with Gasteiger partial charge < -0.3 is 19.9 Å². The summed E-state index contributed by atoms with van der Waals surface area (Å²) in [5.41, 5.74) is 1.07. The van der Waals surface area contributed by atoms with E-state index in [2.05, 4.69) is 5.32 Å². The number of rotatable bonds is 10. The molecule has 2 atom stereocenters. The number of hydrogen-bond acceptors (Lipinski definition) is 7. The maximum absolute atomic E-state index is 14.2. The first-order valence-electron chi connectivity index (χ1n) is 12.7. The van der Waals surface area contributed by atoms with Crippen LogP contribution in [0.4, 0.5) is 18.9 Å². The predicted octanol–water partition coefficient (Wildman–Crippen LogP) is 5.67. The van der Waals surface area contributed by atoms with E-state index in [9.17, 15) is 31.5 Å². The van der Waals surface area contributed by atoms with Gasteiger partial charge in [0.05, 0.1) is 24.2 Å². The molecule has 0 aliphatic heterocycles. The molecule has 0 aromatic heterocycles. The molecule has 0 fully saturated rings. The Morgan fingerprint density at radius 3 is 2.54 bits per heavy atom. The number of Topliss-reactive ketones (excluding diaryl/α,β-unsaturated/α-hetero) is 1. The van der Waals surface area contributed by atoms with Crippen LogP contribution in [0.3, 0.4) is 0 Å². The highest BCUT2D eigenvalue weighted by Crippen LogP contribution is 2.39. The van der Waals surface area contributed by atoms with Crippen molar-refractivity contribution >= 4 is 32.9 Å². The second-order valence-electron chi connectivity index (χ2n) is 9.82. The van der Waals surface area contributed by atoms with Gasteiger partial charge in [0.15, 0.2) is 15.6 Å². The van der Waals surface area contributed by atoms with E-state index >= 15 is 0 Å². The molecule has 3 aromatic carbocycles. The molecule has 0 bridgehead atoms. The van der Waals surface area contributed by atoms with Crippen LogP contribution in [0.15, 0.2) is 59.5 Å². The minimum absolute atomic E-state index is 0.0373. The molecule has 1 aliphatic carbocycles. The van der Waals surface area contributed by atoms with Gasteiger partial charge in [0.2, 0.25) is 0 Å². The normalized spacial score (nSPS) is 16.0. The van der Waals surface area contributed by atoms with E-state index < -0.39 is 33.5 Å². The van der Waals surface area contributed by atoms with Gasteiger partial charge in [-0.3, -0.25) is 4.79 Å². The Morgan fingerprint density at radius 2 is 1.88 bits per heavy atom. The number of aliphatic hydroxyl groups is 1. The third kappa shape index (κ3) is 7.33. The minimum atomic E-state index is -4.51. The summed E-state index contributed by atoms with van der Waals surface area (Å²) in [6.07, 6.45) is -2.54. The molecule has 0 heterocycles. The van der Waals surface area contributed by atoms with Crippen molar-refractivity contribution in [3.63, 3.8) is 0 Å². The molecule has 0 saturated heterocycles. The molecule has 0 spiro atoms. The van der Waals surface area contributed by atoms with Gasteiger partial charge in [0.25, 0.3) is 0 Å². The Morgan fingerprint density at radius 1 is 1.12 bits per heavy atom. The number of ketones is 1. The van der Waals surface area contributed by atoms with Crippen LogP contribution in [-0.2, 0) is 33.6 Å². The van der Waals surface area contributed by atoms with Crippen LogP contribution >= 0.6 is 11.6 Å². The maximum atomic E-state index is 14.2. The molecule has 3 aromatic rings. The van der Waals surface area contributed by atoms with Crippen LogP contribution in [0.5, 0.6) is 11.5 Å². The molecular formula is C29H29ClF3NO6S. The number of halogens is 4. The highest BCUT2D eigenvalue weighted by molar-refractivity contribution is 7.90. The van der Waals surface area contributed by atoms with Gasteiger partial charge in [-0.15, -0.1) is 0 Å². The van der Waals surface area contributed by atoms with E-state index in [1.54, 1.807) is 12.1 Å². The molecule has 41 heavy (non-hydrogen) atoms. The predicted molar refractivity (Wildman–Crippen MR) is 148 cm³/mol. The molecule has 0 amide bonds. The number of anilines is 1. The average Bonchev–Trinajstić information content (AvgIpc) is 2.93. The second kappa shape index (κ2) is 12.3. The fourth-order valence-electron chi connectivity index (χ4n) is 4.90. The number of hydrogen-bond donors (Lipinski definition) is 2. The Hall–Kier alpha value is -3.28. The van der Waals surface area contributed by atoms with E-state index in [0.717, 1.165) is 24.0 Å². The van der Waals surface area contributed by atoms with Crippen molar-refractivity contribution < 1.29 is 41.0 Å². The summed E-state index contributed by atoms with van der Waals surface area (Å²) >= 11 is 6.18. The molecule has 1 aliphatic rings. The van der Waals surface area contributed by atoms with Crippen molar-refractivity contribution in [3.8, 4) is 11.5 Å². The van der Waals surface area contributed by atoms with Crippen molar-refractivity contribution in [1.82, 2.24) is 0 Å². The van der Waals surface area contributed by atoms with Crippen LogP contribution < -0.4 is 14.8 Å². The van der Waals surface area contributed by atoms with Gasteiger partial charge in [-0.1, -0.05) is 23.7 Å². The molecule has 2 unspecified atom stereocenters. The number of benzene rings is 3. The largest absolute Gasteiger partial charge is 0.497 e. The third-order valence-corrected chi connectivity index (χ3v) is 8.27. The number of aliphatic hydroxyl groups excluding tert-OH is 1. The number of ether oxygens (including phenoxy) is 2.